The second kappa shape index (κ2) is 12.5. The monoisotopic (exact) mass is 425 g/mol. The third-order valence-electron chi connectivity index (χ3n) is 5.09. The van der Waals surface area contributed by atoms with Crippen molar-refractivity contribution in [3.05, 3.63) is 69.8 Å². The highest BCUT2D eigenvalue weighted by Gasteiger charge is 2.21. The average molecular weight is 426 g/mol. The largest absolute Gasteiger partial charge is 0.339 e. The highest BCUT2D eigenvalue weighted by Crippen LogP contribution is 2.19. The molecule has 0 heterocycles. The first kappa shape index (κ1) is 24.1. The molecule has 2 amide bonds. The fourth-order valence-electron chi connectivity index (χ4n) is 3.32. The molecule has 0 aliphatic heterocycles. The zero-order valence-electron chi connectivity index (χ0n) is 18.3. The molecule has 2 rings (SSSR count). The lowest BCUT2D eigenvalue weighted by Crippen LogP contribution is -2.34. The molecule has 0 fully saturated rings. The molecule has 0 radical (unpaired) electrons. The summed E-state index contributed by atoms with van der Waals surface area (Å²) in [5.74, 6) is -0.554. The third kappa shape index (κ3) is 7.20. The fraction of sp³-hybridized carbons (Fsp3) is 0.417. The van der Waals surface area contributed by atoms with Crippen molar-refractivity contribution in [3.8, 4) is 0 Å². The highest BCUT2D eigenvalue weighted by atomic mass is 16.6. The number of benzene rings is 2. The van der Waals surface area contributed by atoms with E-state index in [1.165, 1.54) is 24.3 Å². The maximum atomic E-state index is 13.3. The fourth-order valence-corrected chi connectivity index (χ4v) is 3.32. The molecular formula is C24H31N3O4. The van der Waals surface area contributed by atoms with Crippen LogP contribution in [0.25, 0.3) is 0 Å². The van der Waals surface area contributed by atoms with Gasteiger partial charge in [0.05, 0.1) is 16.1 Å². The molecule has 31 heavy (non-hydrogen) atoms. The molecule has 0 saturated heterocycles. The summed E-state index contributed by atoms with van der Waals surface area (Å²) in [6, 6.07) is 12.4. The van der Waals surface area contributed by atoms with Gasteiger partial charge in [-0.25, -0.2) is 0 Å². The van der Waals surface area contributed by atoms with Crippen molar-refractivity contribution in [3.63, 3.8) is 0 Å². The van der Waals surface area contributed by atoms with Crippen LogP contribution in [0.4, 0.5) is 11.4 Å². The van der Waals surface area contributed by atoms with Crippen LogP contribution in [-0.4, -0.2) is 34.7 Å². The van der Waals surface area contributed by atoms with Crippen molar-refractivity contribution >= 4 is 23.2 Å². The maximum absolute atomic E-state index is 13.3. The molecule has 0 aliphatic rings. The first-order valence-corrected chi connectivity index (χ1v) is 10.9. The second-order valence-electron chi connectivity index (χ2n) is 7.51. The number of hydrogen-bond acceptors (Lipinski definition) is 4. The van der Waals surface area contributed by atoms with E-state index in [9.17, 15) is 19.7 Å². The summed E-state index contributed by atoms with van der Waals surface area (Å²) in [5.41, 5.74) is 1.04. The van der Waals surface area contributed by atoms with Gasteiger partial charge in [-0.2, -0.15) is 0 Å². The third-order valence-corrected chi connectivity index (χ3v) is 5.09. The molecule has 1 N–H and O–H groups in total. The number of nitro benzene ring substituents is 1. The van der Waals surface area contributed by atoms with Gasteiger partial charge in [0, 0.05) is 30.9 Å². The Hall–Kier alpha value is -3.22. The Labute approximate surface area is 183 Å². The van der Waals surface area contributed by atoms with Gasteiger partial charge in [-0.15, -0.1) is 0 Å². The van der Waals surface area contributed by atoms with E-state index in [2.05, 4.69) is 19.2 Å². The zero-order chi connectivity index (χ0) is 22.6. The molecule has 0 aromatic heterocycles. The van der Waals surface area contributed by atoms with Crippen LogP contribution in [0.15, 0.2) is 48.5 Å². The minimum atomic E-state index is -0.495. The van der Waals surface area contributed by atoms with Crippen molar-refractivity contribution in [1.29, 1.82) is 0 Å². The van der Waals surface area contributed by atoms with E-state index in [0.717, 1.165) is 38.5 Å². The predicted octanol–water partition coefficient (Wildman–Crippen LogP) is 5.67. The van der Waals surface area contributed by atoms with Gasteiger partial charge in [-0.1, -0.05) is 51.7 Å². The first-order chi connectivity index (χ1) is 15.0. The molecule has 0 spiro atoms. The molecule has 0 unspecified atom stereocenters. The van der Waals surface area contributed by atoms with Crippen LogP contribution in [0.2, 0.25) is 0 Å². The molecule has 7 nitrogen and oxygen atoms in total. The topological polar surface area (TPSA) is 92.6 Å². The van der Waals surface area contributed by atoms with Crippen molar-refractivity contribution in [2.45, 2.75) is 52.4 Å². The number of carbonyl (C=O) groups is 2. The number of non-ortho nitro benzene ring substituents is 1. The number of nitrogens with zero attached hydrogens (tertiary/aromatic N) is 2. The summed E-state index contributed by atoms with van der Waals surface area (Å²) in [4.78, 5) is 38.3. The molecule has 0 bridgehead atoms. The van der Waals surface area contributed by atoms with Gasteiger partial charge in [0.15, 0.2) is 0 Å². The molecule has 2 aromatic rings. The zero-order valence-corrected chi connectivity index (χ0v) is 18.3. The van der Waals surface area contributed by atoms with E-state index in [0.29, 0.717) is 29.9 Å². The Balaban J connectivity index is 2.19. The van der Waals surface area contributed by atoms with Gasteiger partial charge >= 0.3 is 0 Å². The van der Waals surface area contributed by atoms with Crippen LogP contribution in [0.1, 0.15) is 73.1 Å². The van der Waals surface area contributed by atoms with E-state index >= 15 is 0 Å². The van der Waals surface area contributed by atoms with Crippen molar-refractivity contribution in [2.75, 3.05) is 18.4 Å². The smallest absolute Gasteiger partial charge is 0.269 e. The number of anilines is 1. The Morgan fingerprint density at radius 2 is 1.42 bits per heavy atom. The number of carbonyl (C=O) groups excluding carboxylic acids is 2. The molecule has 2 aromatic carbocycles. The predicted molar refractivity (Wildman–Crippen MR) is 122 cm³/mol. The summed E-state index contributed by atoms with van der Waals surface area (Å²) in [6.07, 6.45) is 6.13. The number of hydrogen-bond donors (Lipinski definition) is 1. The van der Waals surface area contributed by atoms with Gasteiger partial charge < -0.3 is 10.2 Å². The minimum absolute atomic E-state index is 0.0524. The normalized spacial score (nSPS) is 10.5. The van der Waals surface area contributed by atoms with Crippen molar-refractivity contribution < 1.29 is 14.5 Å². The molecule has 7 heteroatoms. The van der Waals surface area contributed by atoms with Crippen LogP contribution >= 0.6 is 0 Å². The van der Waals surface area contributed by atoms with Gasteiger partial charge in [0.25, 0.3) is 17.5 Å². The number of rotatable bonds is 12. The van der Waals surface area contributed by atoms with E-state index in [4.69, 9.17) is 0 Å². The standard InChI is InChI=1S/C24H31N3O4/c1-3-5-9-17-26(18-10-6-4-2)24(29)22-12-8-7-11-21(22)23(28)25-19-13-15-20(16-14-19)27(30)31/h7-8,11-16H,3-6,9-10,17-18H2,1-2H3,(H,25,28). The summed E-state index contributed by atoms with van der Waals surface area (Å²) in [5, 5.41) is 13.5. The van der Waals surface area contributed by atoms with Crippen LogP contribution in [-0.2, 0) is 0 Å². The quantitative estimate of drug-likeness (QED) is 0.269. The number of nitrogens with one attached hydrogen (secondary N) is 1. The molecule has 0 saturated carbocycles. The SMILES string of the molecule is CCCCCN(CCCCC)C(=O)c1ccccc1C(=O)Nc1ccc([N+](=O)[O-])cc1. The Morgan fingerprint density at radius 1 is 0.871 bits per heavy atom. The lowest BCUT2D eigenvalue weighted by molar-refractivity contribution is -0.384. The first-order valence-electron chi connectivity index (χ1n) is 10.9. The summed E-state index contributed by atoms with van der Waals surface area (Å²) in [7, 11) is 0. The van der Waals surface area contributed by atoms with Gasteiger partial charge in [0.1, 0.15) is 0 Å². The molecule has 0 aliphatic carbocycles. The number of amides is 2. The van der Waals surface area contributed by atoms with E-state index in [1.807, 2.05) is 4.90 Å². The second-order valence-corrected chi connectivity index (χ2v) is 7.51. The van der Waals surface area contributed by atoms with Crippen LogP contribution in [0.3, 0.4) is 0 Å². The Morgan fingerprint density at radius 3 is 1.94 bits per heavy atom. The maximum Gasteiger partial charge on any atom is 0.269 e. The summed E-state index contributed by atoms with van der Waals surface area (Å²) >= 11 is 0. The summed E-state index contributed by atoms with van der Waals surface area (Å²) in [6.45, 7) is 5.60. The van der Waals surface area contributed by atoms with Crippen LogP contribution < -0.4 is 5.32 Å². The van der Waals surface area contributed by atoms with Crippen molar-refractivity contribution in [1.82, 2.24) is 4.90 Å². The highest BCUT2D eigenvalue weighted by molar-refractivity contribution is 6.12. The average Bonchev–Trinajstić information content (AvgIpc) is 2.78. The van der Waals surface area contributed by atoms with Crippen LogP contribution in [0, 0.1) is 10.1 Å². The number of unbranched alkanes of at least 4 members (excludes halogenated alkanes) is 4. The molecule has 0 atom stereocenters. The van der Waals surface area contributed by atoms with E-state index in [1.54, 1.807) is 24.3 Å². The Bertz CT molecular complexity index is 871. The Kier molecular flexibility index (Phi) is 9.68. The molecular weight excluding hydrogens is 394 g/mol. The van der Waals surface area contributed by atoms with E-state index in [-0.39, 0.29) is 11.6 Å². The lowest BCUT2D eigenvalue weighted by Gasteiger charge is -2.24. The minimum Gasteiger partial charge on any atom is -0.339 e. The van der Waals surface area contributed by atoms with E-state index < -0.39 is 10.8 Å². The summed E-state index contributed by atoms with van der Waals surface area (Å²) < 4.78 is 0. The van der Waals surface area contributed by atoms with Gasteiger partial charge in [-0.05, 0) is 37.1 Å². The van der Waals surface area contributed by atoms with Gasteiger partial charge in [0.2, 0.25) is 0 Å². The van der Waals surface area contributed by atoms with Crippen molar-refractivity contribution in [2.24, 2.45) is 0 Å². The lowest BCUT2D eigenvalue weighted by atomic mass is 10.0. The van der Waals surface area contributed by atoms with Crippen LogP contribution in [0.5, 0.6) is 0 Å². The molecule has 166 valence electrons. The number of nitro groups is 1. The van der Waals surface area contributed by atoms with Gasteiger partial charge in [-0.3, -0.25) is 19.7 Å².